The molecule has 2 aromatic rings. The zero-order valence-electron chi connectivity index (χ0n) is 13.6. The first kappa shape index (κ1) is 16.1. The van der Waals surface area contributed by atoms with Gasteiger partial charge in [-0.05, 0) is 50.1 Å². The zero-order valence-corrected chi connectivity index (χ0v) is 13.6. The minimum absolute atomic E-state index is 0.0174. The molecule has 3 rings (SSSR count). The number of nitriles is 1. The number of hydrogen-bond donors (Lipinski definition) is 0. The molecule has 2 heterocycles. The third-order valence-electron chi connectivity index (χ3n) is 4.25. The summed E-state index contributed by atoms with van der Waals surface area (Å²) in [6.07, 6.45) is 5.12. The molecule has 0 radical (unpaired) electrons. The van der Waals surface area contributed by atoms with Crippen LogP contribution in [0.1, 0.15) is 31.4 Å². The molecule has 124 valence electrons. The maximum Gasteiger partial charge on any atom is 0.263 e. The van der Waals surface area contributed by atoms with Gasteiger partial charge in [-0.3, -0.25) is 9.48 Å². The lowest BCUT2D eigenvalue weighted by atomic mass is 10.1. The van der Waals surface area contributed by atoms with Crippen LogP contribution in [0.4, 0.5) is 0 Å². The molecule has 2 atom stereocenters. The lowest BCUT2D eigenvalue weighted by Crippen LogP contribution is -2.46. The first-order valence-electron chi connectivity index (χ1n) is 8.12. The van der Waals surface area contributed by atoms with Crippen LogP contribution < -0.4 is 4.74 Å². The quantitative estimate of drug-likeness (QED) is 0.866. The number of piperidine rings is 1. The lowest BCUT2D eigenvalue weighted by molar-refractivity contribution is -0.139. The van der Waals surface area contributed by atoms with Crippen LogP contribution in [-0.4, -0.2) is 39.8 Å². The van der Waals surface area contributed by atoms with Crippen LogP contribution in [0.15, 0.2) is 42.7 Å². The molecule has 1 aliphatic heterocycles. The second kappa shape index (κ2) is 7.18. The smallest absolute Gasteiger partial charge is 0.263 e. The Hall–Kier alpha value is -2.81. The largest absolute Gasteiger partial charge is 0.481 e. The zero-order chi connectivity index (χ0) is 16.9. The third-order valence-corrected chi connectivity index (χ3v) is 4.25. The van der Waals surface area contributed by atoms with E-state index >= 15 is 0 Å². The Bertz CT molecular complexity index is 718. The molecule has 1 aliphatic rings. The molecule has 6 heteroatoms. The number of ether oxygens (including phenoxy) is 1. The number of benzene rings is 1. The molecular formula is C18H20N4O2. The van der Waals surface area contributed by atoms with Gasteiger partial charge < -0.3 is 9.64 Å². The second-order valence-corrected chi connectivity index (χ2v) is 5.96. The number of rotatable bonds is 4. The molecule has 0 aliphatic carbocycles. The van der Waals surface area contributed by atoms with Gasteiger partial charge in [-0.1, -0.05) is 0 Å². The van der Waals surface area contributed by atoms with Crippen molar-refractivity contribution in [2.75, 3.05) is 13.1 Å². The summed E-state index contributed by atoms with van der Waals surface area (Å²) >= 11 is 0. The van der Waals surface area contributed by atoms with Crippen molar-refractivity contribution < 1.29 is 9.53 Å². The fourth-order valence-electron chi connectivity index (χ4n) is 2.99. The van der Waals surface area contributed by atoms with Gasteiger partial charge in [0.25, 0.3) is 5.91 Å². The molecule has 1 aromatic carbocycles. The van der Waals surface area contributed by atoms with Crippen molar-refractivity contribution in [1.29, 1.82) is 5.26 Å². The van der Waals surface area contributed by atoms with Crippen molar-refractivity contribution in [3.8, 4) is 11.8 Å². The Balaban J connectivity index is 1.61. The van der Waals surface area contributed by atoms with Gasteiger partial charge in [-0.2, -0.15) is 10.4 Å². The van der Waals surface area contributed by atoms with E-state index < -0.39 is 6.10 Å². The molecule has 0 spiro atoms. The third kappa shape index (κ3) is 3.57. The predicted octanol–water partition coefficient (Wildman–Crippen LogP) is 2.39. The van der Waals surface area contributed by atoms with Crippen molar-refractivity contribution in [2.24, 2.45) is 0 Å². The number of amides is 1. The second-order valence-electron chi connectivity index (χ2n) is 5.96. The maximum absolute atomic E-state index is 12.7. The average molecular weight is 324 g/mol. The highest BCUT2D eigenvalue weighted by Crippen LogP contribution is 2.22. The average Bonchev–Trinajstić information content (AvgIpc) is 3.16. The summed E-state index contributed by atoms with van der Waals surface area (Å²) < 4.78 is 7.65. The summed E-state index contributed by atoms with van der Waals surface area (Å²) in [4.78, 5) is 14.5. The Kier molecular flexibility index (Phi) is 4.80. The SMILES string of the molecule is C[C@@H](Oc1ccc(C#N)cc1)C(=O)N1CCC[C@H](n2cccn2)C1. The minimum Gasteiger partial charge on any atom is -0.481 e. The van der Waals surface area contributed by atoms with Gasteiger partial charge in [0.2, 0.25) is 0 Å². The van der Waals surface area contributed by atoms with Gasteiger partial charge in [-0.15, -0.1) is 0 Å². The predicted molar refractivity (Wildman–Crippen MR) is 88.3 cm³/mol. The molecule has 1 aromatic heterocycles. The molecule has 1 amide bonds. The molecule has 6 nitrogen and oxygen atoms in total. The number of aromatic nitrogens is 2. The van der Waals surface area contributed by atoms with Gasteiger partial charge in [0.1, 0.15) is 5.75 Å². The van der Waals surface area contributed by atoms with Gasteiger partial charge in [0.15, 0.2) is 6.10 Å². The highest BCUT2D eigenvalue weighted by atomic mass is 16.5. The van der Waals surface area contributed by atoms with E-state index in [9.17, 15) is 4.79 Å². The molecule has 0 bridgehead atoms. The van der Waals surface area contributed by atoms with E-state index in [0.29, 0.717) is 17.9 Å². The van der Waals surface area contributed by atoms with Gasteiger partial charge >= 0.3 is 0 Å². The first-order valence-corrected chi connectivity index (χ1v) is 8.12. The molecule has 24 heavy (non-hydrogen) atoms. The first-order chi connectivity index (χ1) is 11.7. The molecule has 1 fully saturated rings. The fraction of sp³-hybridized carbons (Fsp3) is 0.389. The lowest BCUT2D eigenvalue weighted by Gasteiger charge is -2.34. The Morgan fingerprint density at radius 3 is 2.88 bits per heavy atom. The van der Waals surface area contributed by atoms with E-state index in [-0.39, 0.29) is 11.9 Å². The van der Waals surface area contributed by atoms with E-state index in [1.807, 2.05) is 21.8 Å². The highest BCUT2D eigenvalue weighted by molar-refractivity contribution is 5.81. The standard InChI is InChI=1S/C18H20N4O2/c1-14(24-17-7-5-15(12-19)6-8-17)18(23)21-10-2-4-16(13-21)22-11-3-9-20-22/h3,5-9,11,14,16H,2,4,10,13H2,1H3/t14-,16+/m1/s1. The summed E-state index contributed by atoms with van der Waals surface area (Å²) in [6.45, 7) is 3.16. The van der Waals surface area contributed by atoms with Crippen LogP contribution in [0.3, 0.4) is 0 Å². The molecule has 1 saturated heterocycles. The summed E-state index contributed by atoms with van der Waals surface area (Å²) in [5.41, 5.74) is 0.569. The molecule has 0 saturated carbocycles. The summed E-state index contributed by atoms with van der Waals surface area (Å²) in [5.74, 6) is 0.576. The highest BCUT2D eigenvalue weighted by Gasteiger charge is 2.28. The van der Waals surface area contributed by atoms with E-state index in [1.54, 1.807) is 37.4 Å². The van der Waals surface area contributed by atoms with E-state index in [0.717, 1.165) is 19.4 Å². The summed E-state index contributed by atoms with van der Waals surface area (Å²) in [6, 6.07) is 11.0. The van der Waals surface area contributed by atoms with E-state index in [2.05, 4.69) is 11.2 Å². The van der Waals surface area contributed by atoms with E-state index in [1.165, 1.54) is 0 Å². The summed E-state index contributed by atoms with van der Waals surface area (Å²) in [7, 11) is 0. The van der Waals surface area contributed by atoms with Crippen molar-refractivity contribution in [3.05, 3.63) is 48.3 Å². The molecule has 0 unspecified atom stereocenters. The topological polar surface area (TPSA) is 71.2 Å². The van der Waals surface area contributed by atoms with Crippen molar-refractivity contribution in [3.63, 3.8) is 0 Å². The monoisotopic (exact) mass is 324 g/mol. The van der Waals surface area contributed by atoms with Crippen LogP contribution >= 0.6 is 0 Å². The number of carbonyl (C=O) groups is 1. The van der Waals surface area contributed by atoms with Crippen LogP contribution in [0.5, 0.6) is 5.75 Å². The minimum atomic E-state index is -0.561. The van der Waals surface area contributed by atoms with E-state index in [4.69, 9.17) is 10.00 Å². The number of carbonyl (C=O) groups excluding carboxylic acids is 1. The Labute approximate surface area is 141 Å². The van der Waals surface area contributed by atoms with Crippen molar-refractivity contribution in [2.45, 2.75) is 31.9 Å². The summed E-state index contributed by atoms with van der Waals surface area (Å²) in [5, 5.41) is 13.1. The maximum atomic E-state index is 12.7. The molecule has 0 N–H and O–H groups in total. The van der Waals surface area contributed by atoms with Gasteiger partial charge in [0.05, 0.1) is 17.7 Å². The Morgan fingerprint density at radius 2 is 2.21 bits per heavy atom. The molecular weight excluding hydrogens is 304 g/mol. The van der Waals surface area contributed by atoms with Crippen molar-refractivity contribution in [1.82, 2.24) is 14.7 Å². The van der Waals surface area contributed by atoms with Crippen LogP contribution in [0, 0.1) is 11.3 Å². The number of likely N-dealkylation sites (tertiary alicyclic amines) is 1. The van der Waals surface area contributed by atoms with Crippen molar-refractivity contribution >= 4 is 5.91 Å². The van der Waals surface area contributed by atoms with Gasteiger partial charge in [-0.25, -0.2) is 0 Å². The van der Waals surface area contributed by atoms with Crippen LogP contribution in [0.25, 0.3) is 0 Å². The number of hydrogen-bond acceptors (Lipinski definition) is 4. The van der Waals surface area contributed by atoms with Crippen LogP contribution in [0.2, 0.25) is 0 Å². The fourth-order valence-corrected chi connectivity index (χ4v) is 2.99. The number of nitrogens with zero attached hydrogens (tertiary/aromatic N) is 4. The Morgan fingerprint density at radius 1 is 1.42 bits per heavy atom. The van der Waals surface area contributed by atoms with Crippen LogP contribution in [-0.2, 0) is 4.79 Å². The van der Waals surface area contributed by atoms with Gasteiger partial charge in [0, 0.05) is 25.5 Å². The normalized spacial score (nSPS) is 18.7.